The number of thiocarbonyl (C=S) groups is 1. The molecule has 2 heterocycles. The van der Waals surface area contributed by atoms with Gasteiger partial charge in [-0.2, -0.15) is 0 Å². The SMILES string of the molecule is CCN(CC)c1ccc(/C=C2\SC(=S)N(CN3CCOCC3)C2=O)cc1. The van der Waals surface area contributed by atoms with Crippen LogP contribution in [0.5, 0.6) is 0 Å². The van der Waals surface area contributed by atoms with E-state index in [9.17, 15) is 4.79 Å². The summed E-state index contributed by atoms with van der Waals surface area (Å²) in [5.74, 6) is -0.000638. The molecule has 2 saturated heterocycles. The van der Waals surface area contributed by atoms with Crippen molar-refractivity contribution >= 4 is 46.0 Å². The van der Waals surface area contributed by atoms with E-state index >= 15 is 0 Å². The summed E-state index contributed by atoms with van der Waals surface area (Å²) in [5.41, 5.74) is 2.22. The molecular formula is C19H25N3O2S2. The Labute approximate surface area is 165 Å². The van der Waals surface area contributed by atoms with Gasteiger partial charge in [-0.3, -0.25) is 14.6 Å². The molecule has 1 aromatic carbocycles. The van der Waals surface area contributed by atoms with Gasteiger partial charge in [0, 0.05) is 31.9 Å². The van der Waals surface area contributed by atoms with E-state index in [1.165, 1.54) is 17.4 Å². The van der Waals surface area contributed by atoms with E-state index in [1.54, 1.807) is 4.90 Å². The third-order valence-corrected chi connectivity index (χ3v) is 6.02. The molecule has 0 atom stereocenters. The molecule has 2 aliphatic heterocycles. The Bertz CT molecular complexity index is 681. The van der Waals surface area contributed by atoms with Gasteiger partial charge in [-0.15, -0.1) is 0 Å². The molecule has 0 bridgehead atoms. The van der Waals surface area contributed by atoms with Crippen LogP contribution in [0.4, 0.5) is 5.69 Å². The normalized spacial score (nSPS) is 20.2. The van der Waals surface area contributed by atoms with Crippen molar-refractivity contribution < 1.29 is 9.53 Å². The van der Waals surface area contributed by atoms with Gasteiger partial charge in [-0.1, -0.05) is 36.1 Å². The maximum atomic E-state index is 12.7. The number of carbonyl (C=O) groups is 1. The first-order valence-corrected chi connectivity index (χ1v) is 10.2. The topological polar surface area (TPSA) is 36.0 Å². The van der Waals surface area contributed by atoms with Crippen molar-refractivity contribution in [3.8, 4) is 0 Å². The van der Waals surface area contributed by atoms with E-state index in [0.29, 0.717) is 29.1 Å². The van der Waals surface area contributed by atoms with Crippen molar-refractivity contribution in [1.82, 2.24) is 9.80 Å². The van der Waals surface area contributed by atoms with Crippen LogP contribution in [-0.4, -0.2) is 66.1 Å². The fourth-order valence-electron chi connectivity index (χ4n) is 3.09. The number of amides is 1. The van der Waals surface area contributed by atoms with Gasteiger partial charge in [0.2, 0.25) is 0 Å². The number of hydrogen-bond donors (Lipinski definition) is 0. The van der Waals surface area contributed by atoms with Crippen molar-refractivity contribution in [3.05, 3.63) is 34.7 Å². The summed E-state index contributed by atoms with van der Waals surface area (Å²) in [4.78, 5) is 19.6. The van der Waals surface area contributed by atoms with Crippen LogP contribution in [0, 0.1) is 0 Å². The average molecular weight is 392 g/mol. The van der Waals surface area contributed by atoms with Crippen LogP contribution in [0.2, 0.25) is 0 Å². The highest BCUT2D eigenvalue weighted by Gasteiger charge is 2.33. The molecule has 2 aliphatic rings. The molecule has 140 valence electrons. The summed E-state index contributed by atoms with van der Waals surface area (Å²) in [7, 11) is 0. The van der Waals surface area contributed by atoms with Crippen molar-refractivity contribution in [1.29, 1.82) is 0 Å². The van der Waals surface area contributed by atoms with Gasteiger partial charge in [0.05, 0.1) is 24.8 Å². The summed E-state index contributed by atoms with van der Waals surface area (Å²) in [5, 5.41) is 0. The number of benzene rings is 1. The molecule has 5 nitrogen and oxygen atoms in total. The van der Waals surface area contributed by atoms with E-state index in [4.69, 9.17) is 17.0 Å². The van der Waals surface area contributed by atoms with Crippen molar-refractivity contribution in [2.45, 2.75) is 13.8 Å². The molecule has 0 aliphatic carbocycles. The molecule has 1 aromatic rings. The average Bonchev–Trinajstić information content (AvgIpc) is 2.92. The van der Waals surface area contributed by atoms with E-state index in [0.717, 1.165) is 31.7 Å². The maximum Gasteiger partial charge on any atom is 0.267 e. The lowest BCUT2D eigenvalue weighted by Crippen LogP contribution is -2.45. The summed E-state index contributed by atoms with van der Waals surface area (Å²) in [6.07, 6.45) is 1.94. The fourth-order valence-corrected chi connectivity index (χ4v) is 4.33. The van der Waals surface area contributed by atoms with Crippen LogP contribution in [0.1, 0.15) is 19.4 Å². The zero-order chi connectivity index (χ0) is 18.5. The molecule has 7 heteroatoms. The number of nitrogens with zero attached hydrogens (tertiary/aromatic N) is 3. The quantitative estimate of drug-likeness (QED) is 0.548. The predicted molar refractivity (Wildman–Crippen MR) is 112 cm³/mol. The van der Waals surface area contributed by atoms with Gasteiger partial charge < -0.3 is 9.64 Å². The monoisotopic (exact) mass is 391 g/mol. The molecule has 0 aromatic heterocycles. The van der Waals surface area contributed by atoms with Gasteiger partial charge >= 0.3 is 0 Å². The van der Waals surface area contributed by atoms with Gasteiger partial charge in [0.25, 0.3) is 5.91 Å². The van der Waals surface area contributed by atoms with Gasteiger partial charge in [-0.05, 0) is 37.6 Å². The minimum Gasteiger partial charge on any atom is -0.379 e. The van der Waals surface area contributed by atoms with E-state index in [1.807, 2.05) is 6.08 Å². The van der Waals surface area contributed by atoms with E-state index in [2.05, 4.69) is 47.9 Å². The third kappa shape index (κ3) is 4.46. The second-order valence-electron chi connectivity index (χ2n) is 6.25. The first kappa shape index (κ1) is 19.4. The van der Waals surface area contributed by atoms with E-state index in [-0.39, 0.29) is 5.91 Å². The zero-order valence-electron chi connectivity index (χ0n) is 15.3. The molecule has 0 unspecified atom stereocenters. The fraction of sp³-hybridized carbons (Fsp3) is 0.474. The standard InChI is InChI=1S/C19H25N3O2S2/c1-3-21(4-2)16-7-5-15(6-8-16)13-17-18(23)22(19(25)26-17)14-20-9-11-24-12-10-20/h5-8,13H,3-4,9-12,14H2,1-2H3/b17-13-. The molecule has 2 fully saturated rings. The van der Waals surface area contributed by atoms with Crippen LogP contribution in [0.15, 0.2) is 29.2 Å². The summed E-state index contributed by atoms with van der Waals surface area (Å²) >= 11 is 6.81. The molecule has 0 saturated carbocycles. The highest BCUT2D eigenvalue weighted by Crippen LogP contribution is 2.33. The zero-order valence-corrected chi connectivity index (χ0v) is 16.9. The number of anilines is 1. The second kappa shape index (κ2) is 8.99. The van der Waals surface area contributed by atoms with Crippen molar-refractivity contribution in [2.24, 2.45) is 0 Å². The molecule has 1 amide bonds. The summed E-state index contributed by atoms with van der Waals surface area (Å²) < 4.78 is 5.99. The first-order valence-electron chi connectivity index (χ1n) is 9.02. The Kier molecular flexibility index (Phi) is 6.69. The molecular weight excluding hydrogens is 366 g/mol. The molecule has 26 heavy (non-hydrogen) atoms. The number of ether oxygens (including phenoxy) is 1. The molecule has 3 rings (SSSR count). The van der Waals surface area contributed by atoms with Gasteiger partial charge in [-0.25, -0.2) is 0 Å². The minimum absolute atomic E-state index is 0.000638. The Hall–Kier alpha value is -1.41. The highest BCUT2D eigenvalue weighted by molar-refractivity contribution is 8.26. The van der Waals surface area contributed by atoms with Gasteiger partial charge in [0.15, 0.2) is 0 Å². The maximum absolute atomic E-state index is 12.7. The first-order chi connectivity index (χ1) is 12.6. The summed E-state index contributed by atoms with van der Waals surface area (Å²) in [6, 6.07) is 8.32. The third-order valence-electron chi connectivity index (χ3n) is 4.64. The van der Waals surface area contributed by atoms with Crippen molar-refractivity contribution in [3.63, 3.8) is 0 Å². The molecule has 0 N–H and O–H groups in total. The lowest BCUT2D eigenvalue weighted by atomic mass is 10.1. The van der Waals surface area contributed by atoms with Crippen LogP contribution >= 0.6 is 24.0 Å². The summed E-state index contributed by atoms with van der Waals surface area (Å²) in [6.45, 7) is 9.91. The van der Waals surface area contributed by atoms with E-state index < -0.39 is 0 Å². The smallest absolute Gasteiger partial charge is 0.267 e. The largest absolute Gasteiger partial charge is 0.379 e. The van der Waals surface area contributed by atoms with Crippen LogP contribution < -0.4 is 4.90 Å². The minimum atomic E-state index is -0.000638. The Morgan fingerprint density at radius 3 is 2.46 bits per heavy atom. The number of carbonyl (C=O) groups excluding carboxylic acids is 1. The molecule has 0 spiro atoms. The van der Waals surface area contributed by atoms with Crippen LogP contribution in [-0.2, 0) is 9.53 Å². The Morgan fingerprint density at radius 2 is 1.85 bits per heavy atom. The number of morpholine rings is 1. The van der Waals surface area contributed by atoms with Crippen LogP contribution in [0.25, 0.3) is 6.08 Å². The Balaban J connectivity index is 1.69. The highest BCUT2D eigenvalue weighted by atomic mass is 32.2. The molecule has 0 radical (unpaired) electrons. The van der Waals surface area contributed by atoms with Gasteiger partial charge in [0.1, 0.15) is 4.32 Å². The number of thioether (sulfide) groups is 1. The number of hydrogen-bond acceptors (Lipinski definition) is 6. The predicted octanol–water partition coefficient (Wildman–Crippen LogP) is 3.02. The van der Waals surface area contributed by atoms with Crippen molar-refractivity contribution in [2.75, 3.05) is 51.0 Å². The second-order valence-corrected chi connectivity index (χ2v) is 7.92. The lowest BCUT2D eigenvalue weighted by molar-refractivity contribution is -0.124. The Morgan fingerprint density at radius 1 is 1.19 bits per heavy atom. The number of rotatable bonds is 6. The van der Waals surface area contributed by atoms with Crippen LogP contribution in [0.3, 0.4) is 0 Å². The lowest BCUT2D eigenvalue weighted by Gasteiger charge is -2.29.